The number of nitrogens with zero attached hydrogens (tertiary/aromatic N) is 2. The van der Waals surface area contributed by atoms with E-state index in [0.717, 1.165) is 6.07 Å². The number of nitro benzene ring substituents is 1. The van der Waals surface area contributed by atoms with Crippen LogP contribution in [0.15, 0.2) is 22.7 Å². The third-order valence-electron chi connectivity index (χ3n) is 2.64. The minimum atomic E-state index is -1.31. The SMILES string of the molecule is Cc1cnc(C(C)Nc2c([N+](=O)[O-])ccc(F)c2F)o1. The van der Waals surface area contributed by atoms with Crippen molar-refractivity contribution in [3.8, 4) is 0 Å². The molecule has 2 rings (SSSR count). The first kappa shape index (κ1) is 13.9. The van der Waals surface area contributed by atoms with E-state index in [9.17, 15) is 18.9 Å². The Hall–Kier alpha value is -2.51. The Bertz CT molecular complexity index is 657. The Balaban J connectivity index is 2.37. The normalized spacial score (nSPS) is 12.2. The third kappa shape index (κ3) is 2.58. The molecule has 1 unspecified atom stereocenters. The van der Waals surface area contributed by atoms with E-state index in [0.29, 0.717) is 11.8 Å². The predicted molar refractivity (Wildman–Crippen MR) is 66.3 cm³/mol. The van der Waals surface area contributed by atoms with E-state index in [4.69, 9.17) is 4.42 Å². The molecule has 1 N–H and O–H groups in total. The molecule has 0 amide bonds. The van der Waals surface area contributed by atoms with Gasteiger partial charge in [0.1, 0.15) is 11.8 Å². The van der Waals surface area contributed by atoms with Gasteiger partial charge in [-0.3, -0.25) is 10.1 Å². The largest absolute Gasteiger partial charge is 0.444 e. The number of benzene rings is 1. The summed E-state index contributed by atoms with van der Waals surface area (Å²) in [6.07, 6.45) is 1.46. The fourth-order valence-corrected chi connectivity index (χ4v) is 1.68. The van der Waals surface area contributed by atoms with E-state index in [-0.39, 0.29) is 5.89 Å². The Labute approximate surface area is 112 Å². The average molecular weight is 283 g/mol. The van der Waals surface area contributed by atoms with Crippen LogP contribution < -0.4 is 5.32 Å². The molecule has 20 heavy (non-hydrogen) atoms. The molecule has 0 fully saturated rings. The number of aryl methyl sites for hydroxylation is 1. The summed E-state index contributed by atoms with van der Waals surface area (Å²) in [5.74, 6) is -1.72. The quantitative estimate of drug-likeness (QED) is 0.687. The van der Waals surface area contributed by atoms with Crippen molar-refractivity contribution in [2.45, 2.75) is 19.9 Å². The lowest BCUT2D eigenvalue weighted by atomic mass is 10.2. The van der Waals surface area contributed by atoms with Crippen LogP contribution in [-0.2, 0) is 0 Å². The molecule has 106 valence electrons. The molecule has 0 aliphatic rings. The summed E-state index contributed by atoms with van der Waals surface area (Å²) in [7, 11) is 0. The van der Waals surface area contributed by atoms with Crippen LogP contribution in [0.1, 0.15) is 24.6 Å². The zero-order valence-electron chi connectivity index (χ0n) is 10.7. The lowest BCUT2D eigenvalue weighted by Gasteiger charge is -2.13. The maximum atomic E-state index is 13.7. The monoisotopic (exact) mass is 283 g/mol. The fourth-order valence-electron chi connectivity index (χ4n) is 1.68. The van der Waals surface area contributed by atoms with Gasteiger partial charge in [-0.25, -0.2) is 13.8 Å². The van der Waals surface area contributed by atoms with Gasteiger partial charge in [0.15, 0.2) is 17.3 Å². The number of hydrogen-bond acceptors (Lipinski definition) is 5. The molecular formula is C12H11F2N3O3. The topological polar surface area (TPSA) is 81.2 Å². The van der Waals surface area contributed by atoms with Gasteiger partial charge >= 0.3 is 0 Å². The highest BCUT2D eigenvalue weighted by molar-refractivity contribution is 5.63. The first-order valence-electron chi connectivity index (χ1n) is 5.71. The van der Waals surface area contributed by atoms with Crippen LogP contribution in [-0.4, -0.2) is 9.91 Å². The first-order chi connectivity index (χ1) is 9.40. The van der Waals surface area contributed by atoms with Crippen molar-refractivity contribution in [1.82, 2.24) is 4.98 Å². The van der Waals surface area contributed by atoms with Crippen LogP contribution in [0, 0.1) is 28.7 Å². The second kappa shape index (κ2) is 5.24. The van der Waals surface area contributed by atoms with E-state index in [1.807, 2.05) is 0 Å². The van der Waals surface area contributed by atoms with Gasteiger partial charge in [-0.2, -0.15) is 0 Å². The van der Waals surface area contributed by atoms with Crippen LogP contribution in [0.2, 0.25) is 0 Å². The molecule has 8 heteroatoms. The molecule has 0 saturated heterocycles. The maximum Gasteiger partial charge on any atom is 0.295 e. The van der Waals surface area contributed by atoms with Crippen LogP contribution in [0.4, 0.5) is 20.2 Å². The van der Waals surface area contributed by atoms with E-state index in [1.165, 1.54) is 6.20 Å². The highest BCUT2D eigenvalue weighted by Crippen LogP contribution is 2.32. The van der Waals surface area contributed by atoms with Gasteiger partial charge in [0.25, 0.3) is 5.69 Å². The van der Waals surface area contributed by atoms with Crippen molar-refractivity contribution in [1.29, 1.82) is 0 Å². The molecule has 0 aliphatic heterocycles. The van der Waals surface area contributed by atoms with E-state index in [1.54, 1.807) is 13.8 Å². The summed E-state index contributed by atoms with van der Waals surface area (Å²) in [6.45, 7) is 3.24. The molecule has 0 saturated carbocycles. The number of oxazole rings is 1. The molecule has 6 nitrogen and oxygen atoms in total. The molecule has 0 spiro atoms. The fraction of sp³-hybridized carbons (Fsp3) is 0.250. The molecule has 1 heterocycles. The van der Waals surface area contributed by atoms with Gasteiger partial charge in [-0.05, 0) is 19.9 Å². The van der Waals surface area contributed by atoms with E-state index < -0.39 is 34.0 Å². The number of halogens is 2. The molecule has 0 bridgehead atoms. The third-order valence-corrected chi connectivity index (χ3v) is 2.64. The summed E-state index contributed by atoms with van der Waals surface area (Å²) in [5, 5.41) is 13.4. The van der Waals surface area contributed by atoms with Gasteiger partial charge in [0.2, 0.25) is 5.89 Å². The van der Waals surface area contributed by atoms with Crippen LogP contribution in [0.3, 0.4) is 0 Å². The Morgan fingerprint density at radius 3 is 2.70 bits per heavy atom. The smallest absolute Gasteiger partial charge is 0.295 e. The molecule has 0 aliphatic carbocycles. The van der Waals surface area contributed by atoms with Gasteiger partial charge in [-0.15, -0.1) is 0 Å². The van der Waals surface area contributed by atoms with Gasteiger partial charge < -0.3 is 9.73 Å². The standard InChI is InChI=1S/C12H11F2N3O3/c1-6-5-15-12(20-6)7(2)16-11-9(17(18)19)4-3-8(13)10(11)14/h3-5,7,16H,1-2H3. The summed E-state index contributed by atoms with van der Waals surface area (Å²) in [4.78, 5) is 14.0. The number of rotatable bonds is 4. The van der Waals surface area contributed by atoms with Crippen molar-refractivity contribution in [3.05, 3.63) is 51.7 Å². The molecule has 1 atom stereocenters. The van der Waals surface area contributed by atoms with Crippen LogP contribution in [0.5, 0.6) is 0 Å². The van der Waals surface area contributed by atoms with Crippen molar-refractivity contribution in [3.63, 3.8) is 0 Å². The van der Waals surface area contributed by atoms with E-state index >= 15 is 0 Å². The lowest BCUT2D eigenvalue weighted by Crippen LogP contribution is -2.11. The highest BCUT2D eigenvalue weighted by Gasteiger charge is 2.24. The van der Waals surface area contributed by atoms with Crippen molar-refractivity contribution in [2.24, 2.45) is 0 Å². The maximum absolute atomic E-state index is 13.7. The number of nitrogens with one attached hydrogen (secondary N) is 1. The van der Waals surface area contributed by atoms with Crippen molar-refractivity contribution < 1.29 is 18.1 Å². The van der Waals surface area contributed by atoms with Crippen LogP contribution >= 0.6 is 0 Å². The average Bonchev–Trinajstić information content (AvgIpc) is 2.81. The van der Waals surface area contributed by atoms with Gasteiger partial charge in [-0.1, -0.05) is 0 Å². The van der Waals surface area contributed by atoms with Crippen molar-refractivity contribution in [2.75, 3.05) is 5.32 Å². The molecular weight excluding hydrogens is 272 g/mol. The van der Waals surface area contributed by atoms with Gasteiger partial charge in [0.05, 0.1) is 11.1 Å². The lowest BCUT2D eigenvalue weighted by molar-refractivity contribution is -0.384. The summed E-state index contributed by atoms with van der Waals surface area (Å²) < 4.78 is 32.1. The number of anilines is 1. The Morgan fingerprint density at radius 1 is 1.45 bits per heavy atom. The van der Waals surface area contributed by atoms with Crippen LogP contribution in [0.25, 0.3) is 0 Å². The minimum Gasteiger partial charge on any atom is -0.444 e. The van der Waals surface area contributed by atoms with Crippen molar-refractivity contribution >= 4 is 11.4 Å². The number of aromatic nitrogens is 1. The molecule has 2 aromatic rings. The molecule has 1 aromatic heterocycles. The predicted octanol–water partition coefficient (Wildman–Crippen LogP) is 3.34. The van der Waals surface area contributed by atoms with Gasteiger partial charge in [0, 0.05) is 6.07 Å². The summed E-state index contributed by atoms with van der Waals surface area (Å²) >= 11 is 0. The second-order valence-electron chi connectivity index (χ2n) is 4.19. The Kier molecular flexibility index (Phi) is 3.64. The molecule has 0 radical (unpaired) electrons. The highest BCUT2D eigenvalue weighted by atomic mass is 19.2. The summed E-state index contributed by atoms with van der Waals surface area (Å²) in [6, 6.07) is 0.950. The van der Waals surface area contributed by atoms with E-state index in [2.05, 4.69) is 10.3 Å². The minimum absolute atomic E-state index is 0.223. The molecule has 1 aromatic carbocycles. The second-order valence-corrected chi connectivity index (χ2v) is 4.19. The number of hydrogen-bond donors (Lipinski definition) is 1. The zero-order valence-corrected chi connectivity index (χ0v) is 10.7. The summed E-state index contributed by atoms with van der Waals surface area (Å²) in [5.41, 5.74) is -1.09. The number of nitro groups is 1. The first-order valence-corrected chi connectivity index (χ1v) is 5.71. The Morgan fingerprint density at radius 2 is 2.15 bits per heavy atom. The zero-order chi connectivity index (χ0) is 14.9.